The number of benzene rings is 15. The Balaban J connectivity index is 1.26. The van der Waals surface area contributed by atoms with E-state index < -0.39 is 34.7 Å². The van der Waals surface area contributed by atoms with Crippen LogP contribution >= 0.6 is 0 Å². The summed E-state index contributed by atoms with van der Waals surface area (Å²) in [4.78, 5) is 0. The first-order chi connectivity index (χ1) is 50.4. The van der Waals surface area contributed by atoms with Crippen LogP contribution in [0.1, 0.15) is 100 Å². The van der Waals surface area contributed by atoms with Crippen LogP contribution in [0.3, 0.4) is 0 Å². The lowest BCUT2D eigenvalue weighted by molar-refractivity contribution is 0.758. The maximum absolute atomic E-state index is 4.23. The van der Waals surface area contributed by atoms with Gasteiger partial charge in [0, 0.05) is 43.5 Å². The molecule has 0 unspecified atom stereocenters. The van der Waals surface area contributed by atoms with Gasteiger partial charge in [-0.3, -0.25) is 0 Å². The lowest BCUT2D eigenvalue weighted by atomic mass is 9.12. The summed E-state index contributed by atoms with van der Waals surface area (Å²) < 4.78 is 0. The minimum Gasteiger partial charge on any atom is -0.0622 e. The number of aryl methyl sites for hydroxylation is 2. The molecule has 0 radical (unpaired) electrons. The summed E-state index contributed by atoms with van der Waals surface area (Å²) in [5.41, 5.74) is 21.4. The molecule has 15 aromatic carbocycles. The third-order valence-corrected chi connectivity index (χ3v) is 21.1. The summed E-state index contributed by atoms with van der Waals surface area (Å²) >= 11 is 0. The summed E-state index contributed by atoms with van der Waals surface area (Å²) in [5.74, 6) is 16.4. The average Bonchev–Trinajstić information content (AvgIpc) is 0.687. The molecule has 15 rings (SSSR count). The van der Waals surface area contributed by atoms with E-state index in [0.29, 0.717) is 0 Å². The first kappa shape index (κ1) is 65.5. The van der Waals surface area contributed by atoms with E-state index in [1.54, 1.807) is 0 Å². The third-order valence-electron chi connectivity index (χ3n) is 21.1. The molecule has 2 heteroatoms. The maximum Gasteiger partial charge on any atom is 0.220 e. The van der Waals surface area contributed by atoms with E-state index in [9.17, 15) is 0 Å². The van der Waals surface area contributed by atoms with Gasteiger partial charge in [-0.05, 0) is 105 Å². The van der Waals surface area contributed by atoms with E-state index in [1.165, 1.54) is 0 Å². The molecule has 0 atom stereocenters. The van der Waals surface area contributed by atoms with Crippen molar-refractivity contribution in [3.8, 4) is 23.7 Å². The van der Waals surface area contributed by atoms with Crippen LogP contribution in [0.2, 0.25) is 0 Å². The number of hydrogen-bond donors (Lipinski definition) is 0. The topological polar surface area (TPSA) is 0 Å². The van der Waals surface area contributed by atoms with E-state index in [-0.39, 0.29) is 0 Å². The molecule has 482 valence electrons. The Kier molecular flexibility index (Phi) is 19.0. The van der Waals surface area contributed by atoms with E-state index in [0.717, 1.165) is 111 Å². The molecule has 0 nitrogen and oxygen atoms in total. The van der Waals surface area contributed by atoms with Crippen LogP contribution in [0, 0.1) is 37.5 Å². The van der Waals surface area contributed by atoms with Crippen molar-refractivity contribution < 1.29 is 0 Å². The van der Waals surface area contributed by atoms with Crippen LogP contribution in [-0.2, 0) is 21.3 Å². The molecule has 0 bridgehead atoms. The van der Waals surface area contributed by atoms with Crippen molar-refractivity contribution >= 4 is 24.4 Å². The highest BCUT2D eigenvalue weighted by Crippen LogP contribution is 2.56. The minimum absolute atomic E-state index is 0.608. The van der Waals surface area contributed by atoms with Gasteiger partial charge < -0.3 is 0 Å². The Hall–Kier alpha value is -12.5. The van der Waals surface area contributed by atoms with Crippen LogP contribution in [0.15, 0.2) is 425 Å². The Bertz CT molecular complexity index is 4370. The highest BCUT2D eigenvalue weighted by molar-refractivity contribution is 6.84. The lowest BCUT2D eigenvalue weighted by Crippen LogP contribution is -2.67. The van der Waals surface area contributed by atoms with Gasteiger partial charge in [-0.1, -0.05) is 446 Å². The first-order valence-corrected chi connectivity index (χ1v) is 35.5. The van der Waals surface area contributed by atoms with Crippen molar-refractivity contribution in [1.82, 2.24) is 0 Å². The van der Waals surface area contributed by atoms with Crippen molar-refractivity contribution in [3.63, 3.8) is 0 Å². The van der Waals surface area contributed by atoms with Gasteiger partial charge in [-0.25, -0.2) is 0 Å². The van der Waals surface area contributed by atoms with Crippen LogP contribution < -0.4 is 10.9 Å². The van der Waals surface area contributed by atoms with E-state index >= 15 is 0 Å². The largest absolute Gasteiger partial charge is 0.220 e. The highest BCUT2D eigenvalue weighted by atomic mass is 14.5. The summed E-state index contributed by atoms with van der Waals surface area (Å²) in [6.07, 6.45) is 0. The van der Waals surface area contributed by atoms with Gasteiger partial charge in [0.1, 0.15) is 0 Å². The molecule has 0 aliphatic carbocycles. The molecule has 0 saturated carbocycles. The molecule has 15 aromatic rings. The smallest absolute Gasteiger partial charge is 0.0622 e. The first-order valence-electron chi connectivity index (χ1n) is 35.5. The minimum atomic E-state index is -1.04. The van der Waals surface area contributed by atoms with Crippen molar-refractivity contribution in [1.29, 1.82) is 0 Å². The Morgan fingerprint density at radius 1 is 0.176 bits per heavy atom. The fourth-order valence-electron chi connectivity index (χ4n) is 16.9. The Morgan fingerprint density at radius 3 is 0.471 bits per heavy atom. The third kappa shape index (κ3) is 12.0. The van der Waals surface area contributed by atoms with Crippen LogP contribution in [0.5, 0.6) is 0 Å². The fraction of sp³-hybridized carbons (Fsp3) is 0.0600. The monoisotopic (exact) mass is 1300 g/mol. The molecule has 0 aliphatic heterocycles. The molecule has 0 amide bonds. The molecular weight excluding hydrogens is 1220 g/mol. The second kappa shape index (κ2) is 29.6. The Morgan fingerprint density at radius 2 is 0.324 bits per heavy atom. The summed E-state index contributed by atoms with van der Waals surface area (Å²) in [5, 5.41) is -4.17. The second-order valence-corrected chi connectivity index (χ2v) is 26.7. The maximum atomic E-state index is 4.23. The van der Waals surface area contributed by atoms with Crippen LogP contribution in [0.4, 0.5) is 0 Å². The van der Waals surface area contributed by atoms with Crippen molar-refractivity contribution in [2.75, 3.05) is 0 Å². The zero-order chi connectivity index (χ0) is 69.0. The molecule has 0 heterocycles. The van der Waals surface area contributed by atoms with Gasteiger partial charge in [0.25, 0.3) is 0 Å². The van der Waals surface area contributed by atoms with E-state index in [2.05, 4.69) is 462 Å². The van der Waals surface area contributed by atoms with Gasteiger partial charge in [0.15, 0.2) is 0 Å². The second-order valence-electron chi connectivity index (χ2n) is 26.7. The predicted octanol–water partition coefficient (Wildman–Crippen LogP) is 20.8. The molecule has 0 aromatic heterocycles. The normalized spacial score (nSPS) is 11.5. The SMILES string of the molecule is Cc1ccc(C#Cc2cc(B(C(c3ccccc3)(c3ccccc3)c3ccccc3)C(c3ccccc3)(c3ccccc3)c3ccccc3)c(C#Cc3ccc(C)cc3)cc2B(C(c2ccccc2)(c2ccccc2)c2ccccc2)C(c2ccccc2)(c2ccccc2)c2ccccc2)cc1. The number of rotatable bonds is 18. The Labute approximate surface area is 604 Å². The number of hydrogen-bond acceptors (Lipinski definition) is 0. The lowest BCUT2D eigenvalue weighted by Gasteiger charge is -2.53. The predicted molar refractivity (Wildman–Crippen MR) is 428 cm³/mol. The van der Waals surface area contributed by atoms with Gasteiger partial charge in [0.2, 0.25) is 13.4 Å². The molecular formula is C100H76B2. The highest BCUT2D eigenvalue weighted by Gasteiger charge is 2.63. The average molecular weight is 1300 g/mol. The zero-order valence-electron chi connectivity index (χ0n) is 57.6. The quantitative estimate of drug-likeness (QED) is 0.0456. The zero-order valence-corrected chi connectivity index (χ0v) is 57.6. The van der Waals surface area contributed by atoms with Crippen molar-refractivity contribution in [2.24, 2.45) is 0 Å². The standard InChI is InChI=1S/C100H76B2/c1-77-63-67-79(68-64-77)71-73-81-75-96(102(99(89-51-27-9-28-52-89,90-53-29-10-30-54-90)91-55-31-11-32-56-91)100(92-57-33-12-34-58-92,93-59-35-13-36-60-93)94-61-37-14-38-62-94)82(74-72-80-69-65-78(2)66-70-80)76-95(81)101(97(83-39-15-3-16-40-83,84-41-17-4-18-42-84)85-43-19-5-20-44-85)98(86-45-21-6-22-46-86,87-47-23-7-24-48-87)88-49-25-8-26-50-88/h3-70,75-76H,1-2H3. The van der Waals surface area contributed by atoms with Gasteiger partial charge >= 0.3 is 0 Å². The van der Waals surface area contributed by atoms with Crippen molar-refractivity contribution in [3.05, 3.63) is 525 Å². The van der Waals surface area contributed by atoms with E-state index in [1.807, 2.05) is 0 Å². The summed E-state index contributed by atoms with van der Waals surface area (Å²) in [7, 11) is 0. The fourth-order valence-corrected chi connectivity index (χ4v) is 16.9. The molecule has 0 fully saturated rings. The summed E-state index contributed by atoms with van der Waals surface area (Å²) in [6.45, 7) is 3.07. The van der Waals surface area contributed by atoms with Crippen LogP contribution in [-0.4, -0.2) is 13.4 Å². The molecule has 102 heavy (non-hydrogen) atoms. The summed E-state index contributed by atoms with van der Waals surface area (Å²) in [6, 6.07) is 158. The van der Waals surface area contributed by atoms with Crippen molar-refractivity contribution in [2.45, 2.75) is 35.1 Å². The van der Waals surface area contributed by atoms with Gasteiger partial charge in [-0.15, -0.1) is 0 Å². The molecule has 0 spiro atoms. The van der Waals surface area contributed by atoms with Gasteiger partial charge in [-0.2, -0.15) is 0 Å². The molecule has 0 saturated heterocycles. The molecule has 0 N–H and O–H groups in total. The molecule has 0 aliphatic rings. The van der Waals surface area contributed by atoms with Gasteiger partial charge in [0.05, 0.1) is 0 Å². The van der Waals surface area contributed by atoms with Crippen LogP contribution in [0.25, 0.3) is 0 Å². The van der Waals surface area contributed by atoms with E-state index in [4.69, 9.17) is 0 Å².